The fraction of sp³-hybridized carbons (Fsp3) is 0.333. The molecule has 0 aromatic heterocycles. The number of aliphatic hydroxyl groups is 5. The van der Waals surface area contributed by atoms with Crippen LogP contribution in [0.1, 0.15) is 17.2 Å². The molecule has 0 saturated carbocycles. The van der Waals surface area contributed by atoms with Crippen molar-refractivity contribution < 1.29 is 50.0 Å². The quantitative estimate of drug-likeness (QED) is 0.355. The number of hydrogen-bond donors (Lipinski definition) is 7. The van der Waals surface area contributed by atoms with Gasteiger partial charge in [0.2, 0.25) is 6.29 Å². The number of benzene rings is 2. The number of aliphatic hydroxyl groups excluding tert-OH is 5. The second-order valence-corrected chi connectivity index (χ2v) is 7.33. The largest absolute Gasteiger partial charge is 0.508 e. The smallest absolute Gasteiger partial charge is 0.229 e. The molecule has 2 heterocycles. The Labute approximate surface area is 176 Å². The summed E-state index contributed by atoms with van der Waals surface area (Å²) in [4.78, 5) is 0. The summed E-state index contributed by atoms with van der Waals surface area (Å²) in [5.41, 5.74) is 0.755. The lowest BCUT2D eigenvalue weighted by Gasteiger charge is -2.39. The van der Waals surface area contributed by atoms with E-state index in [0.717, 1.165) is 0 Å². The van der Waals surface area contributed by atoms with Crippen molar-refractivity contribution in [1.29, 1.82) is 0 Å². The topological polar surface area (TPSA) is 169 Å². The standard InChI is InChI=1S/C21H22O10/c22-8-16-17(26)18(27)19(28)21(31-16)29-11-5-13(24)12-7-14(25)20(30-15(12)6-11)9-1-3-10(23)4-2-9/h1-7,16-28H,8H2/t16-,17+,18-,19+,20?,21+/m0/s1. The molecule has 6 atom stereocenters. The molecule has 0 amide bonds. The van der Waals surface area contributed by atoms with Gasteiger partial charge in [-0.2, -0.15) is 0 Å². The van der Waals surface area contributed by atoms with E-state index in [1.165, 1.54) is 30.3 Å². The molecule has 1 unspecified atom stereocenters. The molecule has 1 fully saturated rings. The highest BCUT2D eigenvalue weighted by molar-refractivity contribution is 5.69. The fourth-order valence-electron chi connectivity index (χ4n) is 3.50. The SMILES string of the molecule is OC[C@@H]1O[C@@H](Oc2cc(O)c3c(c2)OC(c2ccc(O)cc2)C(O)=C3)[C@H](O)[C@@H](O)[C@@H]1O. The van der Waals surface area contributed by atoms with Crippen LogP contribution in [-0.2, 0) is 4.74 Å². The summed E-state index contributed by atoms with van der Waals surface area (Å²) >= 11 is 0. The lowest BCUT2D eigenvalue weighted by Crippen LogP contribution is -2.60. The van der Waals surface area contributed by atoms with Crippen LogP contribution in [0.4, 0.5) is 0 Å². The van der Waals surface area contributed by atoms with Gasteiger partial charge in [0.05, 0.1) is 12.2 Å². The van der Waals surface area contributed by atoms with E-state index in [1.54, 1.807) is 12.1 Å². The third-order valence-electron chi connectivity index (χ3n) is 5.20. The summed E-state index contributed by atoms with van der Waals surface area (Å²) in [5, 5.41) is 69.3. The minimum atomic E-state index is -1.62. The molecule has 7 N–H and O–H groups in total. The van der Waals surface area contributed by atoms with Gasteiger partial charge in [0, 0.05) is 17.7 Å². The first-order valence-electron chi connectivity index (χ1n) is 9.49. The Kier molecular flexibility index (Phi) is 5.65. The fourth-order valence-corrected chi connectivity index (χ4v) is 3.50. The number of aromatic hydroxyl groups is 2. The number of phenolic OH excluding ortho intramolecular Hbond substituents is 2. The van der Waals surface area contributed by atoms with Crippen LogP contribution in [-0.4, -0.2) is 73.1 Å². The van der Waals surface area contributed by atoms with Crippen molar-refractivity contribution in [3.8, 4) is 23.0 Å². The highest BCUT2D eigenvalue weighted by Crippen LogP contribution is 2.43. The zero-order chi connectivity index (χ0) is 22.3. The molecule has 0 radical (unpaired) electrons. The van der Waals surface area contributed by atoms with E-state index in [9.17, 15) is 35.7 Å². The van der Waals surface area contributed by atoms with Crippen LogP contribution < -0.4 is 9.47 Å². The summed E-state index contributed by atoms with van der Waals surface area (Å²) < 4.78 is 16.7. The normalized spacial score (nSPS) is 30.1. The molecule has 4 rings (SSSR count). The first-order valence-corrected chi connectivity index (χ1v) is 9.49. The summed E-state index contributed by atoms with van der Waals surface area (Å²) in [6, 6.07) is 8.63. The Balaban J connectivity index is 1.60. The highest BCUT2D eigenvalue weighted by Gasteiger charge is 2.44. The summed E-state index contributed by atoms with van der Waals surface area (Å²) in [6.07, 6.45) is -6.90. The van der Waals surface area contributed by atoms with Gasteiger partial charge < -0.3 is 50.0 Å². The first-order chi connectivity index (χ1) is 14.8. The molecule has 31 heavy (non-hydrogen) atoms. The molecule has 0 aliphatic carbocycles. The maximum atomic E-state index is 10.4. The van der Waals surface area contributed by atoms with Crippen LogP contribution in [0.25, 0.3) is 6.08 Å². The molecule has 0 spiro atoms. The molecular weight excluding hydrogens is 412 g/mol. The first kappa shape index (κ1) is 21.2. The van der Waals surface area contributed by atoms with Crippen LogP contribution in [0.2, 0.25) is 0 Å². The van der Waals surface area contributed by atoms with Gasteiger partial charge in [-0.15, -0.1) is 0 Å². The Morgan fingerprint density at radius 1 is 0.903 bits per heavy atom. The van der Waals surface area contributed by atoms with Gasteiger partial charge in [-0.05, 0) is 18.2 Å². The number of fused-ring (bicyclic) bond motifs is 1. The molecule has 2 aliphatic rings. The molecule has 2 aromatic carbocycles. The molecular formula is C21H22O10. The van der Waals surface area contributed by atoms with Gasteiger partial charge in [0.25, 0.3) is 0 Å². The van der Waals surface area contributed by atoms with E-state index in [0.29, 0.717) is 5.56 Å². The van der Waals surface area contributed by atoms with Crippen molar-refractivity contribution in [2.24, 2.45) is 0 Å². The predicted octanol–water partition coefficient (Wildman–Crippen LogP) is 0.309. The van der Waals surface area contributed by atoms with Crippen molar-refractivity contribution in [3.63, 3.8) is 0 Å². The average Bonchev–Trinajstić information content (AvgIpc) is 2.75. The van der Waals surface area contributed by atoms with Gasteiger partial charge in [-0.1, -0.05) is 12.1 Å². The van der Waals surface area contributed by atoms with Crippen molar-refractivity contribution in [2.75, 3.05) is 6.61 Å². The van der Waals surface area contributed by atoms with Gasteiger partial charge >= 0.3 is 0 Å². The third kappa shape index (κ3) is 3.99. The van der Waals surface area contributed by atoms with E-state index in [2.05, 4.69) is 0 Å². The van der Waals surface area contributed by atoms with Gasteiger partial charge in [0.1, 0.15) is 53.2 Å². The lowest BCUT2D eigenvalue weighted by molar-refractivity contribution is -0.277. The molecule has 2 aliphatic heterocycles. The van der Waals surface area contributed by atoms with E-state index in [4.69, 9.17) is 14.2 Å². The minimum absolute atomic E-state index is 0.0137. The van der Waals surface area contributed by atoms with Gasteiger partial charge in [-0.3, -0.25) is 0 Å². The Bertz CT molecular complexity index is 971. The maximum Gasteiger partial charge on any atom is 0.229 e. The number of phenols is 2. The third-order valence-corrected chi connectivity index (χ3v) is 5.20. The maximum absolute atomic E-state index is 10.4. The minimum Gasteiger partial charge on any atom is -0.508 e. The highest BCUT2D eigenvalue weighted by atomic mass is 16.7. The second-order valence-electron chi connectivity index (χ2n) is 7.33. The van der Waals surface area contributed by atoms with Crippen molar-refractivity contribution >= 4 is 6.08 Å². The molecule has 1 saturated heterocycles. The molecule has 10 nitrogen and oxygen atoms in total. The van der Waals surface area contributed by atoms with Crippen LogP contribution in [0.3, 0.4) is 0 Å². The predicted molar refractivity (Wildman–Crippen MR) is 105 cm³/mol. The number of rotatable bonds is 4. The van der Waals surface area contributed by atoms with E-state index in [1.807, 2.05) is 0 Å². The lowest BCUT2D eigenvalue weighted by atomic mass is 9.99. The zero-order valence-corrected chi connectivity index (χ0v) is 16.1. The average molecular weight is 434 g/mol. The number of hydrogen-bond acceptors (Lipinski definition) is 10. The second kappa shape index (κ2) is 8.25. The summed E-state index contributed by atoms with van der Waals surface area (Å²) in [6.45, 7) is -0.609. The van der Waals surface area contributed by atoms with Gasteiger partial charge in [-0.25, -0.2) is 0 Å². The molecule has 10 heteroatoms. The Morgan fingerprint density at radius 2 is 1.61 bits per heavy atom. The van der Waals surface area contributed by atoms with E-state index >= 15 is 0 Å². The van der Waals surface area contributed by atoms with Crippen molar-refractivity contribution in [3.05, 3.63) is 53.3 Å². The zero-order valence-electron chi connectivity index (χ0n) is 16.1. The van der Waals surface area contributed by atoms with Crippen LogP contribution >= 0.6 is 0 Å². The summed E-state index contributed by atoms with van der Waals surface area (Å²) in [7, 11) is 0. The van der Waals surface area contributed by atoms with Gasteiger partial charge in [0.15, 0.2) is 6.10 Å². The van der Waals surface area contributed by atoms with Crippen molar-refractivity contribution in [2.45, 2.75) is 36.8 Å². The Morgan fingerprint density at radius 3 is 2.29 bits per heavy atom. The van der Waals surface area contributed by atoms with Crippen molar-refractivity contribution in [1.82, 2.24) is 0 Å². The molecule has 166 valence electrons. The number of ether oxygens (including phenoxy) is 3. The van der Waals surface area contributed by atoms with Crippen LogP contribution in [0.5, 0.6) is 23.0 Å². The molecule has 2 aromatic rings. The van der Waals surface area contributed by atoms with E-state index < -0.39 is 43.4 Å². The Hall–Kier alpha value is -3.02. The molecule has 0 bridgehead atoms. The van der Waals surface area contributed by atoms with Crippen LogP contribution in [0.15, 0.2) is 42.2 Å². The van der Waals surface area contributed by atoms with Crippen LogP contribution in [0, 0.1) is 0 Å². The monoisotopic (exact) mass is 434 g/mol. The van der Waals surface area contributed by atoms with E-state index in [-0.39, 0.29) is 34.3 Å². The summed E-state index contributed by atoms with van der Waals surface area (Å²) in [5.74, 6) is -0.213.